The summed E-state index contributed by atoms with van der Waals surface area (Å²) in [6.07, 6.45) is 0. The summed E-state index contributed by atoms with van der Waals surface area (Å²) in [7, 11) is 0. The van der Waals surface area contributed by atoms with Crippen molar-refractivity contribution in [3.8, 4) is 11.3 Å². The first-order chi connectivity index (χ1) is 9.26. The fraction of sp³-hybridized carbons (Fsp3) is 0.375. The molecule has 0 aliphatic carbocycles. The molecule has 106 valence electrons. The zero-order valence-corrected chi connectivity index (χ0v) is 13.3. The van der Waals surface area contributed by atoms with Crippen LogP contribution in [0, 0.1) is 13.8 Å². The molecule has 0 atom stereocenters. The van der Waals surface area contributed by atoms with Gasteiger partial charge in [0.05, 0.1) is 5.69 Å². The van der Waals surface area contributed by atoms with Crippen LogP contribution >= 0.6 is 11.5 Å². The number of aryl methyl sites for hydroxylation is 2. The molecular weight excluding hydrogens is 270 g/mol. The summed E-state index contributed by atoms with van der Waals surface area (Å²) in [6.45, 7) is 9.72. The van der Waals surface area contributed by atoms with Crippen molar-refractivity contribution in [1.82, 2.24) is 4.37 Å². The maximum absolute atomic E-state index is 12.0. The SMILES string of the molecule is Cc1ccc(-c2cc(C(=O)OC(C)(C)C)sn2)cc1C. The van der Waals surface area contributed by atoms with E-state index in [4.69, 9.17) is 4.74 Å². The van der Waals surface area contributed by atoms with Crippen molar-refractivity contribution in [2.24, 2.45) is 0 Å². The monoisotopic (exact) mass is 289 g/mol. The van der Waals surface area contributed by atoms with Gasteiger partial charge in [0.15, 0.2) is 0 Å². The average Bonchev–Trinajstić information content (AvgIpc) is 2.80. The highest BCUT2D eigenvalue weighted by Crippen LogP contribution is 2.25. The van der Waals surface area contributed by atoms with E-state index in [0.717, 1.165) is 11.3 Å². The summed E-state index contributed by atoms with van der Waals surface area (Å²) >= 11 is 1.18. The number of esters is 1. The minimum absolute atomic E-state index is 0.315. The van der Waals surface area contributed by atoms with Gasteiger partial charge in [-0.1, -0.05) is 12.1 Å². The van der Waals surface area contributed by atoms with Crippen LogP contribution < -0.4 is 0 Å². The van der Waals surface area contributed by atoms with Gasteiger partial charge in [-0.05, 0) is 69.4 Å². The summed E-state index contributed by atoms with van der Waals surface area (Å²) in [5, 5.41) is 0. The van der Waals surface area contributed by atoms with E-state index in [1.807, 2.05) is 26.8 Å². The Kier molecular flexibility index (Phi) is 3.95. The van der Waals surface area contributed by atoms with Crippen LogP contribution in [0.3, 0.4) is 0 Å². The van der Waals surface area contributed by atoms with Crippen LogP contribution in [0.5, 0.6) is 0 Å². The molecule has 0 saturated heterocycles. The van der Waals surface area contributed by atoms with Gasteiger partial charge >= 0.3 is 5.97 Å². The molecule has 4 heteroatoms. The van der Waals surface area contributed by atoms with Gasteiger partial charge in [-0.3, -0.25) is 0 Å². The zero-order valence-electron chi connectivity index (χ0n) is 12.5. The molecule has 0 N–H and O–H groups in total. The number of hydrogen-bond acceptors (Lipinski definition) is 4. The maximum atomic E-state index is 12.0. The number of rotatable bonds is 2. The van der Waals surface area contributed by atoms with Gasteiger partial charge < -0.3 is 4.74 Å². The van der Waals surface area contributed by atoms with E-state index >= 15 is 0 Å². The molecule has 0 fully saturated rings. The summed E-state index contributed by atoms with van der Waals surface area (Å²) in [5.41, 5.74) is 3.82. The molecule has 0 spiro atoms. The Morgan fingerprint density at radius 3 is 2.45 bits per heavy atom. The molecule has 0 aliphatic heterocycles. The molecule has 2 aromatic rings. The Morgan fingerprint density at radius 2 is 1.85 bits per heavy atom. The summed E-state index contributed by atoms with van der Waals surface area (Å²) in [4.78, 5) is 12.5. The normalized spacial score (nSPS) is 11.4. The van der Waals surface area contributed by atoms with Crippen LogP contribution in [-0.4, -0.2) is 15.9 Å². The minimum Gasteiger partial charge on any atom is -0.456 e. The van der Waals surface area contributed by atoms with E-state index in [0.29, 0.717) is 4.88 Å². The van der Waals surface area contributed by atoms with Crippen molar-refractivity contribution in [3.63, 3.8) is 0 Å². The molecule has 0 bridgehead atoms. The first kappa shape index (κ1) is 14.7. The van der Waals surface area contributed by atoms with E-state index in [2.05, 4.69) is 30.4 Å². The summed E-state index contributed by atoms with van der Waals surface area (Å²) < 4.78 is 9.70. The highest BCUT2D eigenvalue weighted by molar-refractivity contribution is 7.08. The molecular formula is C16H19NO2S. The second-order valence-corrected chi connectivity index (χ2v) is 6.68. The zero-order chi connectivity index (χ0) is 14.9. The van der Waals surface area contributed by atoms with Gasteiger partial charge in [0.2, 0.25) is 0 Å². The molecule has 1 aromatic carbocycles. The fourth-order valence-electron chi connectivity index (χ4n) is 1.74. The molecule has 20 heavy (non-hydrogen) atoms. The second kappa shape index (κ2) is 5.37. The van der Waals surface area contributed by atoms with Crippen LogP contribution in [0.25, 0.3) is 11.3 Å². The minimum atomic E-state index is -0.484. The number of ether oxygens (including phenoxy) is 1. The third-order valence-electron chi connectivity index (χ3n) is 2.91. The molecule has 1 heterocycles. The summed E-state index contributed by atoms with van der Waals surface area (Å²) in [6, 6.07) is 7.97. The van der Waals surface area contributed by atoms with Gasteiger partial charge in [-0.2, -0.15) is 4.37 Å². The Morgan fingerprint density at radius 1 is 1.15 bits per heavy atom. The lowest BCUT2D eigenvalue weighted by atomic mass is 10.0. The maximum Gasteiger partial charge on any atom is 0.350 e. The van der Waals surface area contributed by atoms with E-state index in [-0.39, 0.29) is 5.97 Å². The number of carbonyl (C=O) groups is 1. The largest absolute Gasteiger partial charge is 0.456 e. The van der Waals surface area contributed by atoms with Crippen LogP contribution in [0.4, 0.5) is 0 Å². The Balaban J connectivity index is 2.24. The van der Waals surface area contributed by atoms with Gasteiger partial charge in [-0.15, -0.1) is 0 Å². The van der Waals surface area contributed by atoms with E-state index in [1.165, 1.54) is 22.7 Å². The predicted octanol–water partition coefficient (Wildman–Crippen LogP) is 4.38. The Labute approximate surface area is 123 Å². The lowest BCUT2D eigenvalue weighted by molar-refractivity contribution is 0.00753. The summed E-state index contributed by atoms with van der Waals surface area (Å²) in [5.74, 6) is -0.315. The lowest BCUT2D eigenvalue weighted by Crippen LogP contribution is -2.23. The van der Waals surface area contributed by atoms with Crippen molar-refractivity contribution >= 4 is 17.5 Å². The van der Waals surface area contributed by atoms with Gasteiger partial charge in [0, 0.05) is 5.56 Å². The average molecular weight is 289 g/mol. The number of carbonyl (C=O) groups excluding carboxylic acids is 1. The fourth-order valence-corrected chi connectivity index (χ4v) is 2.37. The Bertz CT molecular complexity index is 638. The van der Waals surface area contributed by atoms with Crippen molar-refractivity contribution in [2.75, 3.05) is 0 Å². The molecule has 0 unspecified atom stereocenters. The number of aromatic nitrogens is 1. The number of nitrogens with zero attached hydrogens (tertiary/aromatic N) is 1. The van der Waals surface area contributed by atoms with Crippen molar-refractivity contribution in [2.45, 2.75) is 40.2 Å². The standard InChI is InChI=1S/C16H19NO2S/c1-10-6-7-12(8-11(10)2)13-9-14(20-17-13)15(18)19-16(3,4)5/h6-9H,1-5H3. The first-order valence-electron chi connectivity index (χ1n) is 6.54. The van der Waals surface area contributed by atoms with Crippen molar-refractivity contribution in [3.05, 3.63) is 40.3 Å². The smallest absolute Gasteiger partial charge is 0.350 e. The predicted molar refractivity (Wildman–Crippen MR) is 82.2 cm³/mol. The molecule has 2 rings (SSSR count). The Hall–Kier alpha value is -1.68. The van der Waals surface area contributed by atoms with Crippen LogP contribution in [0.1, 0.15) is 41.6 Å². The van der Waals surface area contributed by atoms with Crippen LogP contribution in [0.2, 0.25) is 0 Å². The van der Waals surface area contributed by atoms with Crippen molar-refractivity contribution < 1.29 is 9.53 Å². The van der Waals surface area contributed by atoms with Gasteiger partial charge in [0.1, 0.15) is 10.5 Å². The quantitative estimate of drug-likeness (QED) is 0.770. The third kappa shape index (κ3) is 3.45. The molecule has 0 amide bonds. The number of hydrogen-bond donors (Lipinski definition) is 0. The molecule has 0 saturated carbocycles. The second-order valence-electron chi connectivity index (χ2n) is 5.88. The highest BCUT2D eigenvalue weighted by atomic mass is 32.1. The van der Waals surface area contributed by atoms with Gasteiger partial charge in [-0.25, -0.2) is 4.79 Å². The van der Waals surface area contributed by atoms with Crippen LogP contribution in [0.15, 0.2) is 24.3 Å². The van der Waals surface area contributed by atoms with Crippen molar-refractivity contribution in [1.29, 1.82) is 0 Å². The molecule has 3 nitrogen and oxygen atoms in total. The lowest BCUT2D eigenvalue weighted by Gasteiger charge is -2.18. The van der Waals surface area contributed by atoms with E-state index in [1.54, 1.807) is 6.07 Å². The number of benzene rings is 1. The molecule has 0 radical (unpaired) electrons. The van der Waals surface area contributed by atoms with Gasteiger partial charge in [0.25, 0.3) is 0 Å². The van der Waals surface area contributed by atoms with E-state index < -0.39 is 5.60 Å². The third-order valence-corrected chi connectivity index (χ3v) is 3.68. The topological polar surface area (TPSA) is 39.2 Å². The van der Waals surface area contributed by atoms with E-state index in [9.17, 15) is 4.79 Å². The van der Waals surface area contributed by atoms with Crippen LogP contribution in [-0.2, 0) is 4.74 Å². The first-order valence-corrected chi connectivity index (χ1v) is 7.31. The molecule has 0 aliphatic rings. The highest BCUT2D eigenvalue weighted by Gasteiger charge is 2.20. The molecule has 1 aromatic heterocycles.